The molecule has 0 radical (unpaired) electrons. The van der Waals surface area contributed by atoms with Crippen molar-refractivity contribution in [3.05, 3.63) is 0 Å². The van der Waals surface area contributed by atoms with Crippen molar-refractivity contribution in [3.63, 3.8) is 0 Å². The number of alkyl halides is 3. The lowest BCUT2D eigenvalue weighted by Gasteiger charge is -2.31. The Morgan fingerprint density at radius 3 is 2.17 bits per heavy atom. The molecule has 1 aliphatic rings. The molecule has 2 N–H and O–H groups in total. The summed E-state index contributed by atoms with van der Waals surface area (Å²) in [5, 5.41) is 0. The summed E-state index contributed by atoms with van der Waals surface area (Å²) >= 11 is 0. The molecule has 0 saturated heterocycles. The van der Waals surface area contributed by atoms with Crippen molar-refractivity contribution >= 4 is 0 Å². The lowest BCUT2D eigenvalue weighted by molar-refractivity contribution is -0.195. The van der Waals surface area contributed by atoms with Gasteiger partial charge in [-0.2, -0.15) is 13.2 Å². The van der Waals surface area contributed by atoms with Gasteiger partial charge in [-0.05, 0) is 25.3 Å². The van der Waals surface area contributed by atoms with Crippen LogP contribution in [0.15, 0.2) is 0 Å². The highest BCUT2D eigenvalue weighted by atomic mass is 19.4. The average Bonchev–Trinajstić information content (AvgIpc) is 2.03. The fourth-order valence-electron chi connectivity index (χ4n) is 1.92. The number of rotatable bonds is 1. The predicted molar refractivity (Wildman–Crippen MR) is 40.6 cm³/mol. The second-order valence-electron chi connectivity index (χ2n) is 3.43. The summed E-state index contributed by atoms with van der Waals surface area (Å²) in [6.45, 7) is 0.171. The lowest BCUT2D eigenvalue weighted by atomic mass is 9.79. The summed E-state index contributed by atoms with van der Waals surface area (Å²) in [7, 11) is 0. The van der Waals surface area contributed by atoms with E-state index in [4.69, 9.17) is 5.73 Å². The molecule has 0 aromatic heterocycles. The molecule has 0 heterocycles. The van der Waals surface area contributed by atoms with Gasteiger partial charge in [0.05, 0.1) is 5.92 Å². The molecule has 1 rings (SSSR count). The van der Waals surface area contributed by atoms with E-state index in [0.29, 0.717) is 12.8 Å². The van der Waals surface area contributed by atoms with Crippen LogP contribution in [-0.4, -0.2) is 12.7 Å². The molecule has 0 aromatic rings. The highest BCUT2D eigenvalue weighted by molar-refractivity contribution is 4.80. The molecular formula is C8H14F3N. The highest BCUT2D eigenvalue weighted by Crippen LogP contribution is 2.40. The van der Waals surface area contributed by atoms with Crippen LogP contribution in [0.5, 0.6) is 0 Å². The van der Waals surface area contributed by atoms with Crippen molar-refractivity contribution in [3.8, 4) is 0 Å². The Labute approximate surface area is 70.1 Å². The Morgan fingerprint density at radius 1 is 1.17 bits per heavy atom. The average molecular weight is 181 g/mol. The molecule has 4 heteroatoms. The summed E-state index contributed by atoms with van der Waals surface area (Å²) in [6.07, 6.45) is -1.54. The second-order valence-corrected chi connectivity index (χ2v) is 3.43. The SMILES string of the molecule is NC[C@@H]1CCCC[C@H]1C(F)(F)F. The maximum absolute atomic E-state index is 12.3. The third kappa shape index (κ3) is 2.12. The first-order chi connectivity index (χ1) is 5.55. The minimum atomic E-state index is -4.04. The fraction of sp³-hybridized carbons (Fsp3) is 1.00. The van der Waals surface area contributed by atoms with E-state index in [1.807, 2.05) is 0 Å². The number of hydrogen-bond donors (Lipinski definition) is 1. The molecular weight excluding hydrogens is 167 g/mol. The molecule has 0 aromatic carbocycles. The Hall–Kier alpha value is -0.250. The van der Waals surface area contributed by atoms with Crippen molar-refractivity contribution in [1.29, 1.82) is 0 Å². The van der Waals surface area contributed by atoms with E-state index in [0.717, 1.165) is 6.42 Å². The molecule has 72 valence electrons. The first-order valence-electron chi connectivity index (χ1n) is 4.32. The highest BCUT2D eigenvalue weighted by Gasteiger charge is 2.44. The van der Waals surface area contributed by atoms with E-state index in [9.17, 15) is 13.2 Å². The Kier molecular flexibility index (Phi) is 2.99. The van der Waals surface area contributed by atoms with E-state index in [1.165, 1.54) is 0 Å². The van der Waals surface area contributed by atoms with Crippen molar-refractivity contribution in [1.82, 2.24) is 0 Å². The molecule has 0 amide bonds. The third-order valence-electron chi connectivity index (χ3n) is 2.63. The molecule has 0 bridgehead atoms. The summed E-state index contributed by atoms with van der Waals surface area (Å²) in [5.41, 5.74) is 5.29. The summed E-state index contributed by atoms with van der Waals surface area (Å²) in [6, 6.07) is 0. The van der Waals surface area contributed by atoms with E-state index >= 15 is 0 Å². The lowest BCUT2D eigenvalue weighted by Crippen LogP contribution is -2.36. The van der Waals surface area contributed by atoms with E-state index < -0.39 is 12.1 Å². The van der Waals surface area contributed by atoms with Gasteiger partial charge in [0.1, 0.15) is 0 Å². The zero-order chi connectivity index (χ0) is 9.19. The monoisotopic (exact) mass is 181 g/mol. The molecule has 1 nitrogen and oxygen atoms in total. The quantitative estimate of drug-likeness (QED) is 0.660. The van der Waals surface area contributed by atoms with E-state index in [-0.39, 0.29) is 18.9 Å². The van der Waals surface area contributed by atoms with Crippen molar-refractivity contribution in [2.24, 2.45) is 17.6 Å². The Balaban J connectivity index is 2.59. The van der Waals surface area contributed by atoms with Crippen LogP contribution in [0.2, 0.25) is 0 Å². The van der Waals surface area contributed by atoms with Crippen molar-refractivity contribution < 1.29 is 13.2 Å². The summed E-state index contributed by atoms with van der Waals surface area (Å²) < 4.78 is 37.0. The van der Waals surface area contributed by atoms with Crippen LogP contribution in [-0.2, 0) is 0 Å². The van der Waals surface area contributed by atoms with Gasteiger partial charge < -0.3 is 5.73 Å². The molecule has 0 aliphatic heterocycles. The third-order valence-corrected chi connectivity index (χ3v) is 2.63. The van der Waals surface area contributed by atoms with Gasteiger partial charge in [-0.3, -0.25) is 0 Å². The summed E-state index contributed by atoms with van der Waals surface area (Å²) in [4.78, 5) is 0. The normalized spacial score (nSPS) is 32.0. The first kappa shape index (κ1) is 9.84. The zero-order valence-corrected chi connectivity index (χ0v) is 6.90. The number of halogens is 3. The molecule has 1 fully saturated rings. The second kappa shape index (κ2) is 3.64. The van der Waals surface area contributed by atoms with Gasteiger partial charge in [-0.25, -0.2) is 0 Å². The van der Waals surface area contributed by atoms with Crippen LogP contribution in [0.4, 0.5) is 13.2 Å². The van der Waals surface area contributed by atoms with Crippen LogP contribution < -0.4 is 5.73 Å². The van der Waals surface area contributed by atoms with Gasteiger partial charge in [0.2, 0.25) is 0 Å². The smallest absolute Gasteiger partial charge is 0.330 e. The van der Waals surface area contributed by atoms with Gasteiger partial charge in [0.15, 0.2) is 0 Å². The van der Waals surface area contributed by atoms with Crippen LogP contribution in [0.25, 0.3) is 0 Å². The largest absolute Gasteiger partial charge is 0.392 e. The van der Waals surface area contributed by atoms with Crippen LogP contribution in [0, 0.1) is 11.8 Å². The van der Waals surface area contributed by atoms with Crippen molar-refractivity contribution in [2.75, 3.05) is 6.54 Å². The topological polar surface area (TPSA) is 26.0 Å². The molecule has 1 saturated carbocycles. The van der Waals surface area contributed by atoms with E-state index in [2.05, 4.69) is 0 Å². The molecule has 0 unspecified atom stereocenters. The minimum absolute atomic E-state index is 0.171. The standard InChI is InChI=1S/C8H14F3N/c9-8(10,11)7-4-2-1-3-6(7)5-12/h6-7H,1-5,12H2/t6-,7+/m0/s1. The number of nitrogens with two attached hydrogens (primary N) is 1. The van der Waals surface area contributed by atoms with Gasteiger partial charge in [-0.1, -0.05) is 12.8 Å². The Bertz CT molecular complexity index is 144. The van der Waals surface area contributed by atoms with Crippen LogP contribution in [0.3, 0.4) is 0 Å². The van der Waals surface area contributed by atoms with Crippen LogP contribution in [0.1, 0.15) is 25.7 Å². The zero-order valence-electron chi connectivity index (χ0n) is 6.90. The molecule has 1 aliphatic carbocycles. The maximum Gasteiger partial charge on any atom is 0.392 e. The maximum atomic E-state index is 12.3. The first-order valence-corrected chi connectivity index (χ1v) is 4.32. The van der Waals surface area contributed by atoms with E-state index in [1.54, 1.807) is 0 Å². The predicted octanol–water partition coefficient (Wildman–Crippen LogP) is 2.31. The van der Waals surface area contributed by atoms with Gasteiger partial charge in [0, 0.05) is 0 Å². The number of hydrogen-bond acceptors (Lipinski definition) is 1. The van der Waals surface area contributed by atoms with Gasteiger partial charge >= 0.3 is 6.18 Å². The van der Waals surface area contributed by atoms with Gasteiger partial charge in [-0.15, -0.1) is 0 Å². The molecule has 2 atom stereocenters. The minimum Gasteiger partial charge on any atom is -0.330 e. The van der Waals surface area contributed by atoms with Crippen LogP contribution >= 0.6 is 0 Å². The molecule has 0 spiro atoms. The van der Waals surface area contributed by atoms with Crippen molar-refractivity contribution in [2.45, 2.75) is 31.9 Å². The summed E-state index contributed by atoms with van der Waals surface area (Å²) in [5.74, 6) is -1.48. The van der Waals surface area contributed by atoms with Gasteiger partial charge in [0.25, 0.3) is 0 Å². The fourth-order valence-corrected chi connectivity index (χ4v) is 1.92. The Morgan fingerprint density at radius 2 is 1.75 bits per heavy atom. The molecule has 12 heavy (non-hydrogen) atoms.